The minimum atomic E-state index is 0.850. The summed E-state index contributed by atoms with van der Waals surface area (Å²) in [7, 11) is 0. The van der Waals surface area contributed by atoms with Crippen molar-refractivity contribution in [1.82, 2.24) is 5.32 Å². The highest BCUT2D eigenvalue weighted by Gasteiger charge is 1.98. The molecule has 0 fully saturated rings. The van der Waals surface area contributed by atoms with E-state index >= 15 is 0 Å². The van der Waals surface area contributed by atoms with Gasteiger partial charge in [-0.05, 0) is 42.0 Å². The van der Waals surface area contributed by atoms with Crippen LogP contribution in [0.2, 0.25) is 5.02 Å². The number of benzene rings is 1. The van der Waals surface area contributed by atoms with Gasteiger partial charge in [-0.3, -0.25) is 0 Å². The van der Waals surface area contributed by atoms with Gasteiger partial charge >= 0.3 is 0 Å². The lowest BCUT2D eigenvalue weighted by Crippen LogP contribution is -2.16. The van der Waals surface area contributed by atoms with Gasteiger partial charge in [0.05, 0.1) is 0 Å². The fourth-order valence-corrected chi connectivity index (χ4v) is 2.56. The summed E-state index contributed by atoms with van der Waals surface area (Å²) in [5, 5.41) is 6.40. The van der Waals surface area contributed by atoms with E-state index in [9.17, 15) is 0 Å². The summed E-state index contributed by atoms with van der Waals surface area (Å²) >= 11 is 7.89. The Labute approximate surface area is 111 Å². The van der Waals surface area contributed by atoms with Crippen molar-refractivity contribution < 1.29 is 0 Å². The van der Waals surface area contributed by atoms with E-state index in [1.165, 1.54) is 10.4 Å². The minimum absolute atomic E-state index is 0.850. The molecule has 0 spiro atoms. The van der Waals surface area contributed by atoms with E-state index in [-0.39, 0.29) is 0 Å². The Bertz CT molecular complexity index is 465. The summed E-state index contributed by atoms with van der Waals surface area (Å²) in [5.74, 6) is 0. The van der Waals surface area contributed by atoms with Crippen LogP contribution < -0.4 is 5.32 Å². The average molecular weight is 266 g/mol. The molecule has 1 heterocycles. The molecule has 1 aromatic carbocycles. The molecule has 0 saturated carbocycles. The van der Waals surface area contributed by atoms with Crippen molar-refractivity contribution in [3.8, 4) is 0 Å². The van der Waals surface area contributed by atoms with Crippen LogP contribution in [0.5, 0.6) is 0 Å². The molecule has 90 valence electrons. The second-order valence-electron chi connectivity index (χ2n) is 4.09. The topological polar surface area (TPSA) is 12.0 Å². The molecule has 0 atom stereocenters. The first-order valence-electron chi connectivity index (χ1n) is 5.74. The lowest BCUT2D eigenvalue weighted by Gasteiger charge is -2.06. The van der Waals surface area contributed by atoms with Crippen LogP contribution in [0.4, 0.5) is 0 Å². The van der Waals surface area contributed by atoms with Crippen LogP contribution in [-0.2, 0) is 13.0 Å². The fourth-order valence-electron chi connectivity index (χ4n) is 1.65. The highest BCUT2D eigenvalue weighted by molar-refractivity contribution is 7.09. The summed E-state index contributed by atoms with van der Waals surface area (Å²) in [6, 6.07) is 10.5. The van der Waals surface area contributed by atoms with E-state index in [0.29, 0.717) is 0 Å². The van der Waals surface area contributed by atoms with E-state index in [4.69, 9.17) is 11.6 Å². The summed E-state index contributed by atoms with van der Waals surface area (Å²) < 4.78 is 0. The molecule has 1 nitrogen and oxygen atoms in total. The average Bonchev–Trinajstić information content (AvgIpc) is 2.82. The third-order valence-electron chi connectivity index (χ3n) is 2.69. The molecule has 3 heteroatoms. The van der Waals surface area contributed by atoms with Gasteiger partial charge in [0.15, 0.2) is 0 Å². The van der Waals surface area contributed by atoms with Crippen molar-refractivity contribution in [1.29, 1.82) is 0 Å². The van der Waals surface area contributed by atoms with E-state index in [1.807, 2.05) is 24.3 Å². The van der Waals surface area contributed by atoms with Gasteiger partial charge in [0.1, 0.15) is 0 Å². The monoisotopic (exact) mass is 265 g/mol. The van der Waals surface area contributed by atoms with Gasteiger partial charge in [-0.2, -0.15) is 0 Å². The first kappa shape index (κ1) is 12.6. The molecular weight excluding hydrogens is 250 g/mol. The Hall–Kier alpha value is -0.830. The zero-order valence-corrected chi connectivity index (χ0v) is 11.4. The number of aryl methyl sites for hydroxylation is 1. The quantitative estimate of drug-likeness (QED) is 0.805. The van der Waals surface area contributed by atoms with Crippen molar-refractivity contribution in [3.63, 3.8) is 0 Å². The molecule has 0 unspecified atom stereocenters. The molecule has 2 rings (SSSR count). The summed E-state index contributed by atoms with van der Waals surface area (Å²) in [4.78, 5) is 1.43. The van der Waals surface area contributed by atoms with Gasteiger partial charge in [-0.25, -0.2) is 0 Å². The van der Waals surface area contributed by atoms with Gasteiger partial charge in [-0.1, -0.05) is 29.8 Å². The number of hydrogen-bond acceptors (Lipinski definition) is 2. The minimum Gasteiger partial charge on any atom is -0.312 e. The number of halogens is 1. The normalized spacial score (nSPS) is 10.7. The van der Waals surface area contributed by atoms with Gasteiger partial charge < -0.3 is 5.32 Å². The number of nitrogens with one attached hydrogen (secondary N) is 1. The van der Waals surface area contributed by atoms with Crippen molar-refractivity contribution in [3.05, 3.63) is 56.7 Å². The van der Waals surface area contributed by atoms with Gasteiger partial charge in [-0.15, -0.1) is 11.3 Å². The zero-order chi connectivity index (χ0) is 12.1. The van der Waals surface area contributed by atoms with Crippen LogP contribution in [0.25, 0.3) is 0 Å². The Morgan fingerprint density at radius 1 is 1.29 bits per heavy atom. The van der Waals surface area contributed by atoms with Crippen molar-refractivity contribution in [2.24, 2.45) is 0 Å². The lowest BCUT2D eigenvalue weighted by atomic mass is 10.1. The first-order chi connectivity index (χ1) is 8.25. The summed E-state index contributed by atoms with van der Waals surface area (Å²) in [6.07, 6.45) is 1.09. The number of thiophene rings is 1. The zero-order valence-electron chi connectivity index (χ0n) is 9.87. The molecule has 2 aromatic rings. The fraction of sp³-hybridized carbons (Fsp3) is 0.286. The van der Waals surface area contributed by atoms with E-state index < -0.39 is 0 Å². The summed E-state index contributed by atoms with van der Waals surface area (Å²) in [5.41, 5.74) is 2.38. The maximum atomic E-state index is 6.08. The molecule has 0 bridgehead atoms. The maximum absolute atomic E-state index is 6.08. The Balaban J connectivity index is 1.76. The third kappa shape index (κ3) is 3.84. The van der Waals surface area contributed by atoms with Crippen molar-refractivity contribution >= 4 is 22.9 Å². The largest absolute Gasteiger partial charge is 0.312 e. The van der Waals surface area contributed by atoms with E-state index in [1.54, 1.807) is 0 Å². The Morgan fingerprint density at radius 3 is 2.88 bits per heavy atom. The van der Waals surface area contributed by atoms with Crippen LogP contribution in [0.15, 0.2) is 35.7 Å². The molecular formula is C14H16ClNS. The Morgan fingerprint density at radius 2 is 2.18 bits per heavy atom. The smallest absolute Gasteiger partial charge is 0.0438 e. The standard InChI is InChI=1S/C14H16ClNS/c1-11-4-5-12(9-14(11)15)10-16-7-6-13-3-2-8-17-13/h2-5,8-9,16H,6-7,10H2,1H3. The molecule has 0 amide bonds. The second kappa shape index (κ2) is 6.20. The maximum Gasteiger partial charge on any atom is 0.0438 e. The van der Waals surface area contributed by atoms with Gasteiger partial charge in [0.25, 0.3) is 0 Å². The van der Waals surface area contributed by atoms with Crippen molar-refractivity contribution in [2.45, 2.75) is 19.9 Å². The molecule has 1 aromatic heterocycles. The Kier molecular flexibility index (Phi) is 4.60. The first-order valence-corrected chi connectivity index (χ1v) is 6.99. The highest BCUT2D eigenvalue weighted by Crippen LogP contribution is 2.16. The van der Waals surface area contributed by atoms with Crippen LogP contribution in [0.1, 0.15) is 16.0 Å². The van der Waals surface area contributed by atoms with Crippen LogP contribution >= 0.6 is 22.9 Å². The number of hydrogen-bond donors (Lipinski definition) is 1. The molecule has 17 heavy (non-hydrogen) atoms. The van der Waals surface area contributed by atoms with Gasteiger partial charge in [0, 0.05) is 23.0 Å². The predicted octanol–water partition coefficient (Wildman–Crippen LogP) is 4.04. The molecule has 0 aliphatic rings. The van der Waals surface area contributed by atoms with E-state index in [2.05, 4.69) is 35.0 Å². The molecule has 0 aliphatic heterocycles. The highest BCUT2D eigenvalue weighted by atomic mass is 35.5. The van der Waals surface area contributed by atoms with Gasteiger partial charge in [0.2, 0.25) is 0 Å². The van der Waals surface area contributed by atoms with E-state index in [0.717, 1.165) is 30.1 Å². The lowest BCUT2D eigenvalue weighted by molar-refractivity contribution is 0.690. The molecule has 0 radical (unpaired) electrons. The second-order valence-corrected chi connectivity index (χ2v) is 5.53. The molecule has 0 aliphatic carbocycles. The molecule has 0 saturated heterocycles. The van der Waals surface area contributed by atoms with Crippen molar-refractivity contribution in [2.75, 3.05) is 6.54 Å². The SMILES string of the molecule is Cc1ccc(CNCCc2cccs2)cc1Cl. The predicted molar refractivity (Wildman–Crippen MR) is 75.9 cm³/mol. The van der Waals surface area contributed by atoms with Crippen LogP contribution in [-0.4, -0.2) is 6.54 Å². The summed E-state index contributed by atoms with van der Waals surface area (Å²) in [6.45, 7) is 3.91. The number of rotatable bonds is 5. The third-order valence-corrected chi connectivity index (χ3v) is 4.04. The molecule has 1 N–H and O–H groups in total. The van der Waals surface area contributed by atoms with Crippen LogP contribution in [0.3, 0.4) is 0 Å². The van der Waals surface area contributed by atoms with Crippen LogP contribution in [0, 0.1) is 6.92 Å².